The van der Waals surface area contributed by atoms with Crippen LogP contribution in [0.15, 0.2) is 0 Å². The van der Waals surface area contributed by atoms with Gasteiger partial charge in [-0.05, 0) is 104 Å². The van der Waals surface area contributed by atoms with Crippen LogP contribution in [0.1, 0.15) is 140 Å². The van der Waals surface area contributed by atoms with Gasteiger partial charge in [0.05, 0.1) is 0 Å². The average molecular weight is 471 g/mol. The van der Waals surface area contributed by atoms with Crippen LogP contribution in [0.5, 0.6) is 0 Å². The topological polar surface area (TPSA) is 12.5 Å². The third kappa shape index (κ3) is 2.83. The lowest BCUT2D eigenvalue weighted by Crippen LogP contribution is -2.65. The van der Waals surface area contributed by atoms with Gasteiger partial charge in [-0.1, -0.05) is 82.6 Å². The number of hydrogen-bond donors (Lipinski definition) is 0. The summed E-state index contributed by atoms with van der Waals surface area (Å²) in [4.78, 5) is 0. The lowest BCUT2D eigenvalue weighted by atomic mass is 9.37. The van der Waals surface area contributed by atoms with Crippen LogP contribution in [0.25, 0.3) is 0 Å². The number of hydrogen-bond acceptors (Lipinski definition) is 1. The molecule has 5 aliphatic rings. The Morgan fingerprint density at radius 1 is 0.765 bits per heavy atom. The van der Waals surface area contributed by atoms with Gasteiger partial charge in [-0.15, -0.1) is 0 Å². The third-order valence-electron chi connectivity index (χ3n) is 14.8. The van der Waals surface area contributed by atoms with Crippen LogP contribution in [0, 0.1) is 56.7 Å². The first kappa shape index (κ1) is 25.6. The van der Waals surface area contributed by atoms with Crippen LogP contribution in [0.3, 0.4) is 0 Å². The highest BCUT2D eigenvalue weighted by atomic mass is 16.6. The zero-order valence-corrected chi connectivity index (χ0v) is 24.9. The maximum Gasteiger partial charge on any atom is 0.104 e. The van der Waals surface area contributed by atoms with E-state index < -0.39 is 0 Å². The van der Waals surface area contributed by atoms with Gasteiger partial charge in [-0.3, -0.25) is 0 Å². The zero-order valence-electron chi connectivity index (χ0n) is 24.9. The standard InChI is InChI=1S/C33H58O/c1-22(12-13-23(2)27(4,5)6)25-15-18-31(11)29(25,9)20-21-32-30(10)17-14-24(3)28(7,8)26(30)16-19-33(31,32)34-32/h22-26H,12-21H2,1-11H3/t22?,23?,24-,25?,26-,29+,30-,31+,32?,33?/m0/s1. The molecule has 196 valence electrons. The Labute approximate surface area is 213 Å². The highest BCUT2D eigenvalue weighted by Gasteiger charge is 2.89. The molecule has 0 radical (unpaired) electrons. The van der Waals surface area contributed by atoms with Crippen LogP contribution in [0.4, 0.5) is 0 Å². The smallest absolute Gasteiger partial charge is 0.104 e. The number of epoxide rings is 1. The largest absolute Gasteiger partial charge is 0.361 e. The molecule has 1 aliphatic heterocycles. The van der Waals surface area contributed by atoms with Crippen molar-refractivity contribution in [3.63, 3.8) is 0 Å². The Kier molecular flexibility index (Phi) is 5.49. The predicted molar refractivity (Wildman–Crippen MR) is 145 cm³/mol. The first-order chi connectivity index (χ1) is 15.5. The number of fused-ring (bicyclic) bond motifs is 2. The molecule has 0 spiro atoms. The summed E-state index contributed by atoms with van der Waals surface area (Å²) in [6.07, 6.45) is 13.8. The van der Waals surface area contributed by atoms with Gasteiger partial charge < -0.3 is 4.74 Å². The molecule has 0 bridgehead atoms. The summed E-state index contributed by atoms with van der Waals surface area (Å²) in [6.45, 7) is 28.2. The Morgan fingerprint density at radius 3 is 2.09 bits per heavy atom. The van der Waals surface area contributed by atoms with Gasteiger partial charge in [0, 0.05) is 10.8 Å². The van der Waals surface area contributed by atoms with Crippen LogP contribution >= 0.6 is 0 Å². The Balaban J connectivity index is 1.41. The molecule has 4 saturated carbocycles. The van der Waals surface area contributed by atoms with E-state index in [0.29, 0.717) is 27.1 Å². The molecular formula is C33H58O. The fraction of sp³-hybridized carbons (Fsp3) is 1.00. The van der Waals surface area contributed by atoms with E-state index in [1.165, 1.54) is 64.2 Å². The van der Waals surface area contributed by atoms with Gasteiger partial charge >= 0.3 is 0 Å². The SMILES string of the molecule is CC(CCC(C)C(C)(C)C)C1CC[C@@]2(C)C34CC[C@H]5C(C)(C)[C@@H](C)CC[C@]5(C)C3(CC[C@]12C)O4. The molecule has 0 N–H and O–H groups in total. The van der Waals surface area contributed by atoms with Gasteiger partial charge in [-0.2, -0.15) is 0 Å². The number of rotatable bonds is 4. The highest BCUT2D eigenvalue weighted by Crippen LogP contribution is 2.86. The van der Waals surface area contributed by atoms with Gasteiger partial charge in [0.25, 0.3) is 0 Å². The summed E-state index contributed by atoms with van der Waals surface area (Å²) < 4.78 is 7.37. The van der Waals surface area contributed by atoms with Crippen molar-refractivity contribution < 1.29 is 4.74 Å². The second-order valence-corrected chi connectivity index (χ2v) is 16.7. The fourth-order valence-corrected chi connectivity index (χ4v) is 11.3. The first-order valence-corrected chi connectivity index (χ1v) is 15.2. The van der Waals surface area contributed by atoms with Gasteiger partial charge in [0.15, 0.2) is 0 Å². The Morgan fingerprint density at radius 2 is 1.44 bits per heavy atom. The molecule has 0 amide bonds. The van der Waals surface area contributed by atoms with Gasteiger partial charge in [0.1, 0.15) is 11.2 Å². The molecule has 5 fully saturated rings. The molecule has 0 aromatic rings. The molecule has 0 aromatic carbocycles. The monoisotopic (exact) mass is 470 g/mol. The van der Waals surface area contributed by atoms with Crippen LogP contribution in [0.2, 0.25) is 0 Å². The molecule has 1 saturated heterocycles. The summed E-state index contributed by atoms with van der Waals surface area (Å²) in [6, 6.07) is 0. The summed E-state index contributed by atoms with van der Waals surface area (Å²) >= 11 is 0. The molecule has 34 heavy (non-hydrogen) atoms. The lowest BCUT2D eigenvalue weighted by molar-refractivity contribution is -0.136. The molecule has 0 aromatic heterocycles. The van der Waals surface area contributed by atoms with Crippen molar-refractivity contribution in [2.24, 2.45) is 56.7 Å². The second kappa shape index (κ2) is 7.29. The van der Waals surface area contributed by atoms with Crippen molar-refractivity contribution in [2.75, 3.05) is 0 Å². The Bertz CT molecular complexity index is 821. The second-order valence-electron chi connectivity index (χ2n) is 16.7. The fourth-order valence-electron chi connectivity index (χ4n) is 11.3. The minimum atomic E-state index is 0.169. The molecule has 1 heteroatoms. The van der Waals surface area contributed by atoms with E-state index in [1.54, 1.807) is 0 Å². The Hall–Kier alpha value is -0.0400. The van der Waals surface area contributed by atoms with Gasteiger partial charge in [-0.25, -0.2) is 0 Å². The predicted octanol–water partition coefficient (Wildman–Crippen LogP) is 9.68. The van der Waals surface area contributed by atoms with E-state index in [1.807, 2.05) is 0 Å². The summed E-state index contributed by atoms with van der Waals surface area (Å²) in [5, 5.41) is 0. The summed E-state index contributed by atoms with van der Waals surface area (Å²) in [7, 11) is 0. The van der Waals surface area contributed by atoms with Gasteiger partial charge in [0.2, 0.25) is 0 Å². The summed E-state index contributed by atoms with van der Waals surface area (Å²) in [5.41, 5.74) is 2.38. The maximum atomic E-state index is 7.37. The van der Waals surface area contributed by atoms with Crippen LogP contribution in [-0.4, -0.2) is 11.2 Å². The minimum Gasteiger partial charge on any atom is -0.361 e. The molecule has 10 atom stereocenters. The molecule has 5 rings (SSSR count). The third-order valence-corrected chi connectivity index (χ3v) is 14.8. The molecule has 4 aliphatic carbocycles. The maximum absolute atomic E-state index is 7.37. The van der Waals surface area contributed by atoms with Crippen LogP contribution in [-0.2, 0) is 4.74 Å². The van der Waals surface area contributed by atoms with Crippen molar-refractivity contribution in [3.8, 4) is 0 Å². The van der Waals surface area contributed by atoms with E-state index in [9.17, 15) is 0 Å². The van der Waals surface area contributed by atoms with Crippen molar-refractivity contribution >= 4 is 0 Å². The summed E-state index contributed by atoms with van der Waals surface area (Å²) in [5.74, 6) is 4.16. The molecular weight excluding hydrogens is 412 g/mol. The average Bonchev–Trinajstić information content (AvgIpc) is 3.37. The van der Waals surface area contributed by atoms with E-state index in [2.05, 4.69) is 76.2 Å². The molecule has 1 heterocycles. The molecule has 1 nitrogen and oxygen atoms in total. The van der Waals surface area contributed by atoms with Crippen molar-refractivity contribution in [1.29, 1.82) is 0 Å². The molecule has 5 unspecified atom stereocenters. The highest BCUT2D eigenvalue weighted by molar-refractivity contribution is 5.37. The lowest BCUT2D eigenvalue weighted by Gasteiger charge is -2.64. The van der Waals surface area contributed by atoms with Crippen LogP contribution < -0.4 is 0 Å². The van der Waals surface area contributed by atoms with Crippen molar-refractivity contribution in [1.82, 2.24) is 0 Å². The zero-order chi connectivity index (χ0) is 25.2. The normalized spacial score (nSPS) is 53.2. The first-order valence-electron chi connectivity index (χ1n) is 15.2. The number of ether oxygens (including phenoxy) is 1. The van der Waals surface area contributed by atoms with E-state index in [-0.39, 0.29) is 11.2 Å². The van der Waals surface area contributed by atoms with Crippen molar-refractivity contribution in [3.05, 3.63) is 0 Å². The minimum absolute atomic E-state index is 0.169. The van der Waals surface area contributed by atoms with Crippen molar-refractivity contribution in [2.45, 2.75) is 152 Å². The van der Waals surface area contributed by atoms with E-state index in [4.69, 9.17) is 4.74 Å². The van der Waals surface area contributed by atoms with E-state index in [0.717, 1.165) is 29.6 Å². The van der Waals surface area contributed by atoms with E-state index >= 15 is 0 Å². The quantitative estimate of drug-likeness (QED) is 0.372.